The van der Waals surface area contributed by atoms with E-state index < -0.39 is 17.9 Å². The highest BCUT2D eigenvalue weighted by Crippen LogP contribution is 2.22. The molecule has 0 aliphatic rings. The summed E-state index contributed by atoms with van der Waals surface area (Å²) in [6, 6.07) is 9.94. The van der Waals surface area contributed by atoms with Crippen LogP contribution in [0.1, 0.15) is 42.3 Å². The van der Waals surface area contributed by atoms with Gasteiger partial charge in [-0.25, -0.2) is 4.79 Å². The van der Waals surface area contributed by atoms with Crippen molar-refractivity contribution in [2.24, 2.45) is 0 Å². The second-order valence-corrected chi connectivity index (χ2v) is 6.75. The molecular weight excluding hydrogens is 304 g/mol. The molecule has 1 aromatic carbocycles. The molecule has 2 rings (SSSR count). The fourth-order valence-electron chi connectivity index (χ4n) is 2.32. The van der Waals surface area contributed by atoms with Crippen molar-refractivity contribution < 1.29 is 14.7 Å². The summed E-state index contributed by atoms with van der Waals surface area (Å²) in [5.41, 5.74) is 2.48. The number of rotatable bonds is 5. The number of carboxylic acids is 1. The van der Waals surface area contributed by atoms with Crippen LogP contribution in [0.4, 0.5) is 0 Å². The van der Waals surface area contributed by atoms with E-state index in [1.807, 2.05) is 24.3 Å². The highest BCUT2D eigenvalue weighted by atomic mass is 16.4. The van der Waals surface area contributed by atoms with E-state index in [-0.39, 0.29) is 11.8 Å². The maximum Gasteiger partial charge on any atom is 0.326 e. The maximum absolute atomic E-state index is 12.1. The summed E-state index contributed by atoms with van der Waals surface area (Å²) in [4.78, 5) is 27.4. The molecule has 126 valence electrons. The minimum Gasteiger partial charge on any atom is -0.480 e. The minimum absolute atomic E-state index is 0.0420. The van der Waals surface area contributed by atoms with Crippen LogP contribution < -0.4 is 5.32 Å². The van der Waals surface area contributed by atoms with E-state index in [0.717, 1.165) is 5.56 Å². The summed E-state index contributed by atoms with van der Waals surface area (Å²) < 4.78 is 0. The van der Waals surface area contributed by atoms with Gasteiger partial charge in [0.1, 0.15) is 6.04 Å². The minimum atomic E-state index is -1.06. The zero-order chi connectivity index (χ0) is 17.7. The third-order valence-electron chi connectivity index (χ3n) is 3.81. The normalized spacial score (nSPS) is 12.5. The number of carbonyl (C=O) groups excluding carboxylic acids is 1. The zero-order valence-corrected chi connectivity index (χ0v) is 14.1. The molecule has 0 saturated carbocycles. The van der Waals surface area contributed by atoms with Crippen LogP contribution in [0, 0.1) is 0 Å². The molecule has 1 amide bonds. The quantitative estimate of drug-likeness (QED) is 0.885. The Kier molecular flexibility index (Phi) is 5.34. The van der Waals surface area contributed by atoms with Gasteiger partial charge in [-0.15, -0.1) is 0 Å². The second kappa shape index (κ2) is 7.25. The van der Waals surface area contributed by atoms with Crippen LogP contribution in [-0.2, 0) is 16.6 Å². The lowest BCUT2D eigenvalue weighted by atomic mass is 9.86. The average molecular weight is 326 g/mol. The lowest BCUT2D eigenvalue weighted by Gasteiger charge is -2.20. The third kappa shape index (κ3) is 4.65. The van der Waals surface area contributed by atoms with Gasteiger partial charge >= 0.3 is 5.97 Å². The van der Waals surface area contributed by atoms with Gasteiger partial charge in [0.25, 0.3) is 5.91 Å². The van der Waals surface area contributed by atoms with Crippen molar-refractivity contribution in [3.63, 3.8) is 0 Å². The summed E-state index contributed by atoms with van der Waals surface area (Å²) in [5.74, 6) is -1.48. The van der Waals surface area contributed by atoms with E-state index in [1.54, 1.807) is 12.1 Å². The molecule has 0 saturated heterocycles. The van der Waals surface area contributed by atoms with E-state index in [2.05, 4.69) is 31.1 Å². The first kappa shape index (κ1) is 17.7. The predicted octanol–water partition coefficient (Wildman–Crippen LogP) is 2.80. The molecule has 0 fully saturated rings. The summed E-state index contributed by atoms with van der Waals surface area (Å²) in [6.07, 6.45) is 3.22. The van der Waals surface area contributed by atoms with E-state index in [4.69, 9.17) is 0 Å². The molecule has 2 N–H and O–H groups in total. The number of aliphatic carboxylic acids is 1. The van der Waals surface area contributed by atoms with Crippen LogP contribution in [0.15, 0.2) is 48.8 Å². The lowest BCUT2D eigenvalue weighted by Crippen LogP contribution is -2.42. The number of benzene rings is 1. The molecule has 0 bridgehead atoms. The molecule has 1 heterocycles. The Bertz CT molecular complexity index is 704. The number of pyridine rings is 1. The van der Waals surface area contributed by atoms with Gasteiger partial charge < -0.3 is 10.4 Å². The molecule has 2 aromatic rings. The van der Waals surface area contributed by atoms with Gasteiger partial charge in [0.15, 0.2) is 0 Å². The lowest BCUT2D eigenvalue weighted by molar-refractivity contribution is -0.139. The molecule has 5 heteroatoms. The summed E-state index contributed by atoms with van der Waals surface area (Å²) in [7, 11) is 0. The van der Waals surface area contributed by atoms with Gasteiger partial charge in [0.2, 0.25) is 0 Å². The van der Waals surface area contributed by atoms with E-state index >= 15 is 0 Å². The first-order valence-corrected chi connectivity index (χ1v) is 7.80. The van der Waals surface area contributed by atoms with Gasteiger partial charge in [0.05, 0.1) is 0 Å². The number of nitrogens with one attached hydrogen (secondary N) is 1. The molecular formula is C19H22N2O3. The average Bonchev–Trinajstić information content (AvgIpc) is 2.54. The first-order valence-electron chi connectivity index (χ1n) is 7.80. The Morgan fingerprint density at radius 2 is 1.67 bits per heavy atom. The van der Waals surface area contributed by atoms with Gasteiger partial charge in [-0.2, -0.15) is 0 Å². The standard InChI is InChI=1S/C19H22N2O3/c1-19(2,3)15-6-4-13(5-7-15)12-16(18(23)24)21-17(22)14-8-10-20-11-9-14/h4-11,16H,12H2,1-3H3,(H,21,22)(H,23,24)/t16-/m1/s1. The maximum atomic E-state index is 12.1. The summed E-state index contributed by atoms with van der Waals surface area (Å²) >= 11 is 0. The SMILES string of the molecule is CC(C)(C)c1ccc(C[C@@H](NC(=O)c2ccncc2)C(=O)O)cc1. The molecule has 0 radical (unpaired) electrons. The molecule has 0 unspecified atom stereocenters. The van der Waals surface area contributed by atoms with Crippen LogP contribution in [0.3, 0.4) is 0 Å². The van der Waals surface area contributed by atoms with Gasteiger partial charge in [-0.1, -0.05) is 45.0 Å². The molecule has 0 aliphatic carbocycles. The van der Waals surface area contributed by atoms with Crippen LogP contribution >= 0.6 is 0 Å². The Hall–Kier alpha value is -2.69. The van der Waals surface area contributed by atoms with Crippen molar-refractivity contribution in [2.75, 3.05) is 0 Å². The van der Waals surface area contributed by atoms with Crippen LogP contribution in [0.25, 0.3) is 0 Å². The Labute approximate surface area is 141 Å². The highest BCUT2D eigenvalue weighted by molar-refractivity contribution is 5.96. The number of hydrogen-bond donors (Lipinski definition) is 2. The van der Waals surface area contributed by atoms with Crippen LogP contribution in [0.5, 0.6) is 0 Å². The predicted molar refractivity (Wildman–Crippen MR) is 92.0 cm³/mol. The zero-order valence-electron chi connectivity index (χ0n) is 14.1. The van der Waals surface area contributed by atoms with E-state index in [9.17, 15) is 14.7 Å². The van der Waals surface area contributed by atoms with E-state index in [0.29, 0.717) is 5.56 Å². The van der Waals surface area contributed by atoms with Crippen LogP contribution in [-0.4, -0.2) is 28.0 Å². The largest absolute Gasteiger partial charge is 0.480 e. The van der Waals surface area contributed by atoms with Crippen molar-refractivity contribution in [3.8, 4) is 0 Å². The fraction of sp³-hybridized carbons (Fsp3) is 0.316. The number of carbonyl (C=O) groups is 2. The van der Waals surface area contributed by atoms with Crippen molar-refractivity contribution in [3.05, 3.63) is 65.5 Å². The summed E-state index contributed by atoms with van der Waals surface area (Å²) in [6.45, 7) is 6.37. The third-order valence-corrected chi connectivity index (χ3v) is 3.81. The molecule has 5 nitrogen and oxygen atoms in total. The topological polar surface area (TPSA) is 79.3 Å². The monoisotopic (exact) mass is 326 g/mol. The van der Waals surface area contributed by atoms with Crippen molar-refractivity contribution >= 4 is 11.9 Å². The molecule has 1 atom stereocenters. The van der Waals surface area contributed by atoms with E-state index in [1.165, 1.54) is 18.0 Å². The molecule has 0 aliphatic heterocycles. The first-order chi connectivity index (χ1) is 11.3. The van der Waals surface area contributed by atoms with Crippen LogP contribution in [0.2, 0.25) is 0 Å². The van der Waals surface area contributed by atoms with Crippen molar-refractivity contribution in [1.29, 1.82) is 0 Å². The Balaban J connectivity index is 2.09. The number of hydrogen-bond acceptors (Lipinski definition) is 3. The Morgan fingerprint density at radius 1 is 1.08 bits per heavy atom. The van der Waals surface area contributed by atoms with Crippen molar-refractivity contribution in [1.82, 2.24) is 10.3 Å². The number of aromatic nitrogens is 1. The highest BCUT2D eigenvalue weighted by Gasteiger charge is 2.21. The molecule has 24 heavy (non-hydrogen) atoms. The van der Waals surface area contributed by atoms with Gasteiger partial charge in [0, 0.05) is 24.4 Å². The van der Waals surface area contributed by atoms with Crippen molar-refractivity contribution in [2.45, 2.75) is 38.6 Å². The summed E-state index contributed by atoms with van der Waals surface area (Å²) in [5, 5.41) is 11.9. The van der Waals surface area contributed by atoms with Gasteiger partial charge in [-0.05, 0) is 28.7 Å². The number of amides is 1. The smallest absolute Gasteiger partial charge is 0.326 e. The van der Waals surface area contributed by atoms with Gasteiger partial charge in [-0.3, -0.25) is 9.78 Å². The molecule has 0 spiro atoms. The fourth-order valence-corrected chi connectivity index (χ4v) is 2.32. The second-order valence-electron chi connectivity index (χ2n) is 6.75. The number of carboxylic acid groups (broad SMARTS) is 1. The molecule has 1 aromatic heterocycles. The Morgan fingerprint density at radius 3 is 2.17 bits per heavy atom. The number of nitrogens with zero attached hydrogens (tertiary/aromatic N) is 1.